The molecule has 2 rings (SSSR count). The Balaban J connectivity index is 2.26. The molecule has 0 N–H and O–H groups in total. The summed E-state index contributed by atoms with van der Waals surface area (Å²) in [7, 11) is 0. The summed E-state index contributed by atoms with van der Waals surface area (Å²) < 4.78 is 5.56. The fourth-order valence-corrected chi connectivity index (χ4v) is 2.00. The number of ether oxygens (including phenoxy) is 1. The Morgan fingerprint density at radius 2 is 2.15 bits per heavy atom. The van der Waals surface area contributed by atoms with Gasteiger partial charge in [0.15, 0.2) is 0 Å². The normalized spacial score (nSPS) is 10.3. The molecule has 0 fully saturated rings. The zero-order chi connectivity index (χ0) is 14.7. The number of benzene rings is 1. The molecule has 0 aliphatic carbocycles. The van der Waals surface area contributed by atoms with Crippen LogP contribution in [0.25, 0.3) is 0 Å². The lowest BCUT2D eigenvalue weighted by Gasteiger charge is -2.08. The molecule has 7 heteroatoms. The van der Waals surface area contributed by atoms with Gasteiger partial charge in [-0.25, -0.2) is 4.98 Å². The van der Waals surface area contributed by atoms with Crippen molar-refractivity contribution in [3.05, 3.63) is 56.7 Å². The van der Waals surface area contributed by atoms with E-state index in [0.717, 1.165) is 11.1 Å². The van der Waals surface area contributed by atoms with E-state index < -0.39 is 4.92 Å². The van der Waals surface area contributed by atoms with E-state index in [-0.39, 0.29) is 10.7 Å². The minimum atomic E-state index is -0.551. The molecule has 1 heterocycles. The number of alkyl halides is 1. The molecule has 0 atom stereocenters. The van der Waals surface area contributed by atoms with Gasteiger partial charge in [-0.2, -0.15) is 0 Å². The molecule has 0 unspecified atom stereocenters. The van der Waals surface area contributed by atoms with Crippen LogP contribution in [0.15, 0.2) is 30.5 Å². The van der Waals surface area contributed by atoms with E-state index >= 15 is 0 Å². The number of rotatable bonds is 4. The summed E-state index contributed by atoms with van der Waals surface area (Å²) in [4.78, 5) is 14.3. The second-order valence-corrected chi connectivity index (χ2v) is 4.75. The van der Waals surface area contributed by atoms with Crippen LogP contribution >= 0.6 is 23.2 Å². The van der Waals surface area contributed by atoms with E-state index in [2.05, 4.69) is 4.98 Å². The minimum absolute atomic E-state index is 0.0162. The van der Waals surface area contributed by atoms with Crippen LogP contribution in [-0.2, 0) is 5.88 Å². The number of halogens is 2. The van der Waals surface area contributed by atoms with Crippen LogP contribution < -0.4 is 4.74 Å². The summed E-state index contributed by atoms with van der Waals surface area (Å²) in [5.41, 5.74) is 1.54. The van der Waals surface area contributed by atoms with Crippen molar-refractivity contribution in [3.8, 4) is 11.6 Å². The third-order valence-electron chi connectivity index (χ3n) is 2.57. The molecule has 0 radical (unpaired) electrons. The van der Waals surface area contributed by atoms with Gasteiger partial charge >= 0.3 is 0 Å². The first-order chi connectivity index (χ1) is 9.51. The molecule has 20 heavy (non-hydrogen) atoms. The molecule has 0 saturated carbocycles. The molecule has 104 valence electrons. The monoisotopic (exact) mass is 312 g/mol. The number of nitro benzene ring substituents is 1. The number of nitrogens with zero attached hydrogens (tertiary/aromatic N) is 2. The lowest BCUT2D eigenvalue weighted by molar-refractivity contribution is -0.384. The summed E-state index contributed by atoms with van der Waals surface area (Å²) in [5, 5.41) is 10.7. The molecule has 0 saturated heterocycles. The molecule has 0 spiro atoms. The molecule has 1 aromatic carbocycles. The highest BCUT2D eigenvalue weighted by Gasteiger charge is 2.13. The summed E-state index contributed by atoms with van der Waals surface area (Å²) in [6.07, 6.45) is 1.61. The van der Waals surface area contributed by atoms with Crippen LogP contribution in [0.4, 0.5) is 5.69 Å². The Hall–Kier alpha value is -1.85. The van der Waals surface area contributed by atoms with Gasteiger partial charge in [0.2, 0.25) is 5.88 Å². The predicted molar refractivity (Wildman–Crippen MR) is 76.7 cm³/mol. The average molecular weight is 313 g/mol. The molecule has 1 aromatic heterocycles. The Labute approximate surface area is 125 Å². The van der Waals surface area contributed by atoms with E-state index in [1.165, 1.54) is 18.2 Å². The van der Waals surface area contributed by atoms with Crippen molar-refractivity contribution < 1.29 is 9.66 Å². The molecule has 0 aliphatic heterocycles. The van der Waals surface area contributed by atoms with Gasteiger partial charge in [-0.15, -0.1) is 11.6 Å². The van der Waals surface area contributed by atoms with Crippen molar-refractivity contribution in [1.29, 1.82) is 0 Å². The first kappa shape index (κ1) is 14.6. The summed E-state index contributed by atoms with van der Waals surface area (Å²) >= 11 is 11.5. The minimum Gasteiger partial charge on any atom is -0.439 e. The number of hydrogen-bond donors (Lipinski definition) is 0. The number of aromatic nitrogens is 1. The van der Waals surface area contributed by atoms with Gasteiger partial charge in [0.25, 0.3) is 5.69 Å². The highest BCUT2D eigenvalue weighted by atomic mass is 35.5. The van der Waals surface area contributed by atoms with Gasteiger partial charge in [0.1, 0.15) is 10.8 Å². The molecule has 0 amide bonds. The van der Waals surface area contributed by atoms with Gasteiger partial charge in [0, 0.05) is 29.8 Å². The van der Waals surface area contributed by atoms with Crippen LogP contribution in [0.1, 0.15) is 11.1 Å². The van der Waals surface area contributed by atoms with Gasteiger partial charge in [-0.3, -0.25) is 10.1 Å². The largest absolute Gasteiger partial charge is 0.439 e. The second kappa shape index (κ2) is 6.07. The first-order valence-corrected chi connectivity index (χ1v) is 6.56. The summed E-state index contributed by atoms with van der Waals surface area (Å²) in [5.74, 6) is 1.16. The van der Waals surface area contributed by atoms with Gasteiger partial charge in [0.05, 0.1) is 4.92 Å². The van der Waals surface area contributed by atoms with E-state index in [1.54, 1.807) is 6.20 Å². The molecule has 0 bridgehead atoms. The Morgan fingerprint density at radius 3 is 2.70 bits per heavy atom. The zero-order valence-electron chi connectivity index (χ0n) is 10.5. The van der Waals surface area contributed by atoms with Crippen molar-refractivity contribution in [2.24, 2.45) is 0 Å². The number of nitro groups is 1. The first-order valence-electron chi connectivity index (χ1n) is 5.64. The third kappa shape index (κ3) is 3.18. The zero-order valence-corrected chi connectivity index (χ0v) is 12.0. The van der Waals surface area contributed by atoms with Gasteiger partial charge in [-0.05, 0) is 24.6 Å². The third-order valence-corrected chi connectivity index (χ3v) is 3.18. The average Bonchev–Trinajstić information content (AvgIpc) is 2.40. The Morgan fingerprint density at radius 1 is 1.40 bits per heavy atom. The molecule has 2 aromatic rings. The topological polar surface area (TPSA) is 65.3 Å². The van der Waals surface area contributed by atoms with Gasteiger partial charge in [-0.1, -0.05) is 11.6 Å². The lowest BCUT2D eigenvalue weighted by atomic mass is 10.2. The Bertz CT molecular complexity index is 662. The van der Waals surface area contributed by atoms with Gasteiger partial charge < -0.3 is 4.74 Å². The SMILES string of the molecule is Cc1cc(CCl)cnc1Oc1ccc([N+](=O)[O-])c(Cl)c1. The standard InChI is InChI=1S/C13H10Cl2N2O3/c1-8-4-9(6-14)7-16-13(8)20-10-2-3-12(17(18)19)11(15)5-10/h2-5,7H,6H2,1H3. The van der Waals surface area contributed by atoms with Crippen molar-refractivity contribution in [2.45, 2.75) is 12.8 Å². The quantitative estimate of drug-likeness (QED) is 0.474. The van der Waals surface area contributed by atoms with Crippen LogP contribution in [-0.4, -0.2) is 9.91 Å². The molecule has 5 nitrogen and oxygen atoms in total. The highest BCUT2D eigenvalue weighted by molar-refractivity contribution is 6.32. The van der Waals surface area contributed by atoms with E-state index in [4.69, 9.17) is 27.9 Å². The van der Waals surface area contributed by atoms with Crippen molar-refractivity contribution >= 4 is 28.9 Å². The number of pyridine rings is 1. The summed E-state index contributed by atoms with van der Waals surface area (Å²) in [6, 6.07) is 6.01. The van der Waals surface area contributed by atoms with Crippen molar-refractivity contribution in [3.63, 3.8) is 0 Å². The Kier molecular flexibility index (Phi) is 4.42. The van der Waals surface area contributed by atoms with E-state index in [9.17, 15) is 10.1 Å². The van der Waals surface area contributed by atoms with E-state index in [1.807, 2.05) is 13.0 Å². The van der Waals surface area contributed by atoms with Crippen molar-refractivity contribution in [2.75, 3.05) is 0 Å². The summed E-state index contributed by atoms with van der Waals surface area (Å²) in [6.45, 7) is 1.84. The highest BCUT2D eigenvalue weighted by Crippen LogP contribution is 2.31. The molecular formula is C13H10Cl2N2O3. The van der Waals surface area contributed by atoms with E-state index in [0.29, 0.717) is 17.5 Å². The lowest BCUT2D eigenvalue weighted by Crippen LogP contribution is -1.94. The van der Waals surface area contributed by atoms with Crippen LogP contribution in [0.2, 0.25) is 5.02 Å². The maximum Gasteiger partial charge on any atom is 0.288 e. The maximum absolute atomic E-state index is 10.7. The number of aryl methyl sites for hydroxylation is 1. The number of hydrogen-bond acceptors (Lipinski definition) is 4. The molecule has 0 aliphatic rings. The van der Waals surface area contributed by atoms with Crippen LogP contribution in [0.3, 0.4) is 0 Å². The fraction of sp³-hybridized carbons (Fsp3) is 0.154. The maximum atomic E-state index is 10.7. The van der Waals surface area contributed by atoms with Crippen molar-refractivity contribution in [1.82, 2.24) is 4.98 Å². The van der Waals surface area contributed by atoms with Crippen LogP contribution in [0.5, 0.6) is 11.6 Å². The fourth-order valence-electron chi connectivity index (χ4n) is 1.61. The smallest absolute Gasteiger partial charge is 0.288 e. The second-order valence-electron chi connectivity index (χ2n) is 4.07. The predicted octanol–water partition coefficient (Wildman–Crippen LogP) is 4.48. The molecular weight excluding hydrogens is 303 g/mol. The van der Waals surface area contributed by atoms with Crippen LogP contribution in [0, 0.1) is 17.0 Å².